The van der Waals surface area contributed by atoms with Gasteiger partial charge in [0.05, 0.1) is 6.10 Å². The van der Waals surface area contributed by atoms with Gasteiger partial charge in [-0.05, 0) is 42.2 Å². The minimum atomic E-state index is -1.87. The largest absolute Gasteiger partial charge is 0.409 e. The quantitative estimate of drug-likeness (QED) is 0.666. The number of nitrogens with one attached hydrogen (secondary N) is 1. The molecule has 1 aromatic carbocycles. The first-order valence-electron chi connectivity index (χ1n) is 9.07. The maximum absolute atomic E-state index is 6.71. The molecule has 1 heterocycles. The van der Waals surface area contributed by atoms with Crippen molar-refractivity contribution >= 4 is 8.32 Å². The second kappa shape index (κ2) is 8.26. The molecule has 0 radical (unpaired) electrons. The molecule has 0 bridgehead atoms. The molecular weight excluding hydrogens is 324 g/mol. The van der Waals surface area contributed by atoms with Gasteiger partial charge in [-0.2, -0.15) is 0 Å². The standard InChI is InChI=1S/C21H32N2OSi/c1-17(18-11-8-7-9-12-18)23-16-20(19-13-10-14-22-15-19)24-25(5,6)21(2,3)4/h7-15,17,20,23H,16H2,1-6H3. The topological polar surface area (TPSA) is 34.1 Å². The zero-order valence-electron chi connectivity index (χ0n) is 16.4. The second-order valence-electron chi connectivity index (χ2n) is 8.19. The fourth-order valence-electron chi connectivity index (χ4n) is 2.47. The first-order valence-corrected chi connectivity index (χ1v) is 12.0. The number of aromatic nitrogens is 1. The van der Waals surface area contributed by atoms with E-state index in [1.54, 1.807) is 0 Å². The zero-order valence-corrected chi connectivity index (χ0v) is 17.4. The average molecular weight is 357 g/mol. The normalized spacial score (nSPS) is 15.0. The van der Waals surface area contributed by atoms with Gasteiger partial charge >= 0.3 is 0 Å². The Kier molecular flexibility index (Phi) is 6.55. The Hall–Kier alpha value is -1.49. The molecular formula is C21H32N2OSi. The third-order valence-corrected chi connectivity index (χ3v) is 9.69. The van der Waals surface area contributed by atoms with Crippen molar-refractivity contribution in [3.8, 4) is 0 Å². The van der Waals surface area contributed by atoms with Crippen LogP contribution in [0.4, 0.5) is 0 Å². The van der Waals surface area contributed by atoms with E-state index in [-0.39, 0.29) is 17.2 Å². The number of pyridine rings is 1. The van der Waals surface area contributed by atoms with Crippen molar-refractivity contribution in [2.45, 2.75) is 58.0 Å². The lowest BCUT2D eigenvalue weighted by Gasteiger charge is -2.39. The van der Waals surface area contributed by atoms with E-state index in [9.17, 15) is 0 Å². The highest BCUT2D eigenvalue weighted by Crippen LogP contribution is 2.39. The van der Waals surface area contributed by atoms with E-state index in [2.05, 4.69) is 87.5 Å². The Morgan fingerprint density at radius 2 is 1.68 bits per heavy atom. The molecule has 4 heteroatoms. The van der Waals surface area contributed by atoms with Crippen molar-refractivity contribution in [1.29, 1.82) is 0 Å². The van der Waals surface area contributed by atoms with Crippen LogP contribution in [0.1, 0.15) is 51.0 Å². The van der Waals surface area contributed by atoms with E-state index in [4.69, 9.17) is 4.43 Å². The molecule has 0 amide bonds. The first-order chi connectivity index (χ1) is 11.7. The molecule has 0 saturated heterocycles. The molecule has 2 unspecified atom stereocenters. The molecule has 0 saturated carbocycles. The van der Waals surface area contributed by atoms with E-state index in [0.717, 1.165) is 12.1 Å². The highest BCUT2D eigenvalue weighted by atomic mass is 28.4. The molecule has 3 nitrogen and oxygen atoms in total. The lowest BCUT2D eigenvalue weighted by atomic mass is 10.1. The lowest BCUT2D eigenvalue weighted by molar-refractivity contribution is 0.176. The Bertz CT molecular complexity index is 638. The molecule has 25 heavy (non-hydrogen) atoms. The molecule has 2 aromatic rings. The minimum Gasteiger partial charge on any atom is -0.409 e. The molecule has 1 aromatic heterocycles. The van der Waals surface area contributed by atoms with Crippen molar-refractivity contribution in [1.82, 2.24) is 10.3 Å². The predicted octanol–water partition coefficient (Wildman–Crippen LogP) is 5.50. The van der Waals surface area contributed by atoms with E-state index in [1.165, 1.54) is 5.56 Å². The summed E-state index contributed by atoms with van der Waals surface area (Å²) in [5.41, 5.74) is 2.43. The summed E-state index contributed by atoms with van der Waals surface area (Å²) in [7, 11) is -1.87. The third kappa shape index (κ3) is 5.49. The van der Waals surface area contributed by atoms with Crippen molar-refractivity contribution in [2.75, 3.05) is 6.54 Å². The Balaban J connectivity index is 2.13. The average Bonchev–Trinajstić information content (AvgIpc) is 2.58. The summed E-state index contributed by atoms with van der Waals surface area (Å²) in [5.74, 6) is 0. The second-order valence-corrected chi connectivity index (χ2v) is 13.0. The maximum atomic E-state index is 6.71. The number of benzene rings is 1. The molecule has 0 spiro atoms. The fourth-order valence-corrected chi connectivity index (χ4v) is 3.75. The van der Waals surface area contributed by atoms with Gasteiger partial charge in [0.25, 0.3) is 0 Å². The molecule has 0 fully saturated rings. The van der Waals surface area contributed by atoms with Crippen LogP contribution < -0.4 is 5.32 Å². The van der Waals surface area contributed by atoms with Gasteiger partial charge in [0.2, 0.25) is 0 Å². The van der Waals surface area contributed by atoms with Crippen molar-refractivity contribution in [3.63, 3.8) is 0 Å². The van der Waals surface area contributed by atoms with Gasteiger partial charge in [0.1, 0.15) is 0 Å². The summed E-state index contributed by atoms with van der Waals surface area (Å²) in [6.45, 7) is 14.4. The number of nitrogens with zero attached hydrogens (tertiary/aromatic N) is 1. The van der Waals surface area contributed by atoms with Crippen LogP contribution in [0.3, 0.4) is 0 Å². The summed E-state index contributed by atoms with van der Waals surface area (Å²) in [4.78, 5) is 4.29. The summed E-state index contributed by atoms with van der Waals surface area (Å²) in [6.07, 6.45) is 3.75. The van der Waals surface area contributed by atoms with Crippen LogP contribution in [0.2, 0.25) is 18.1 Å². The van der Waals surface area contributed by atoms with Gasteiger partial charge in [0.15, 0.2) is 8.32 Å². The lowest BCUT2D eigenvalue weighted by Crippen LogP contribution is -2.43. The number of rotatable bonds is 7. The minimum absolute atomic E-state index is 0.0146. The Labute approximate surface area is 154 Å². The van der Waals surface area contributed by atoms with Crippen LogP contribution >= 0.6 is 0 Å². The monoisotopic (exact) mass is 356 g/mol. The Morgan fingerprint density at radius 1 is 1.04 bits per heavy atom. The van der Waals surface area contributed by atoms with E-state index in [1.807, 2.05) is 18.5 Å². The SMILES string of the molecule is CC(NCC(O[Si](C)(C)C(C)(C)C)c1cccnc1)c1ccccc1. The molecule has 2 atom stereocenters. The van der Waals surface area contributed by atoms with Gasteiger partial charge < -0.3 is 9.74 Å². The first kappa shape index (κ1) is 19.8. The van der Waals surface area contributed by atoms with Crippen LogP contribution in [-0.2, 0) is 4.43 Å². The van der Waals surface area contributed by atoms with Crippen LogP contribution in [0, 0.1) is 0 Å². The van der Waals surface area contributed by atoms with Gasteiger partial charge in [-0.15, -0.1) is 0 Å². The smallest absolute Gasteiger partial charge is 0.192 e. The van der Waals surface area contributed by atoms with Crippen molar-refractivity contribution < 1.29 is 4.43 Å². The molecule has 136 valence electrons. The van der Waals surface area contributed by atoms with Crippen LogP contribution in [-0.4, -0.2) is 19.8 Å². The summed E-state index contributed by atoms with van der Waals surface area (Å²) in [5, 5.41) is 3.82. The summed E-state index contributed by atoms with van der Waals surface area (Å²) < 4.78 is 6.71. The van der Waals surface area contributed by atoms with E-state index >= 15 is 0 Å². The fraction of sp³-hybridized carbons (Fsp3) is 0.476. The third-order valence-electron chi connectivity index (χ3n) is 5.21. The molecule has 2 rings (SSSR count). The number of hydrogen-bond acceptors (Lipinski definition) is 3. The van der Waals surface area contributed by atoms with Crippen LogP contribution in [0.5, 0.6) is 0 Å². The molecule has 0 aliphatic heterocycles. The Morgan fingerprint density at radius 3 is 2.24 bits per heavy atom. The highest BCUT2D eigenvalue weighted by Gasteiger charge is 2.39. The van der Waals surface area contributed by atoms with Crippen LogP contribution in [0.25, 0.3) is 0 Å². The van der Waals surface area contributed by atoms with Gasteiger partial charge in [0, 0.05) is 25.0 Å². The van der Waals surface area contributed by atoms with Gasteiger partial charge in [-0.25, -0.2) is 0 Å². The highest BCUT2D eigenvalue weighted by molar-refractivity contribution is 6.74. The van der Waals surface area contributed by atoms with E-state index < -0.39 is 8.32 Å². The van der Waals surface area contributed by atoms with Crippen LogP contribution in [0.15, 0.2) is 54.9 Å². The summed E-state index contributed by atoms with van der Waals surface area (Å²) in [6, 6.07) is 14.9. The summed E-state index contributed by atoms with van der Waals surface area (Å²) >= 11 is 0. The molecule has 1 N–H and O–H groups in total. The predicted molar refractivity (Wildman–Crippen MR) is 108 cm³/mol. The van der Waals surface area contributed by atoms with Crippen molar-refractivity contribution in [3.05, 3.63) is 66.0 Å². The van der Waals surface area contributed by atoms with E-state index in [0.29, 0.717) is 0 Å². The molecule has 0 aliphatic rings. The zero-order chi connectivity index (χ0) is 18.5. The van der Waals surface area contributed by atoms with Crippen molar-refractivity contribution in [2.24, 2.45) is 0 Å². The number of hydrogen-bond donors (Lipinski definition) is 1. The maximum Gasteiger partial charge on any atom is 0.192 e. The van der Waals surface area contributed by atoms with Gasteiger partial charge in [-0.1, -0.05) is 57.2 Å². The van der Waals surface area contributed by atoms with Gasteiger partial charge in [-0.3, -0.25) is 4.98 Å². The molecule has 0 aliphatic carbocycles.